The third-order valence-electron chi connectivity index (χ3n) is 2.07. The molecule has 1 aromatic heterocycles. The number of aromatic nitrogens is 1. The van der Waals surface area contributed by atoms with Crippen molar-refractivity contribution < 1.29 is 19.5 Å². The lowest BCUT2D eigenvalue weighted by Crippen LogP contribution is -2.23. The number of non-ortho nitro benzene ring substituents is 1. The molecule has 1 N–H and O–H groups in total. The first-order valence-corrected chi connectivity index (χ1v) is 5.19. The molecule has 0 atom stereocenters. The Morgan fingerprint density at radius 3 is 2.11 bits per heavy atom. The Morgan fingerprint density at radius 2 is 1.68 bits per heavy atom. The number of phenols is 1. The maximum atomic E-state index is 10.4. The minimum Gasteiger partial charge on any atom is -0.619 e. The van der Waals surface area contributed by atoms with Crippen LogP contribution >= 0.6 is 0 Å². The number of phenolic OH excluding ortho intramolecular Hbond substituents is 1. The van der Waals surface area contributed by atoms with Crippen molar-refractivity contribution in [3.05, 3.63) is 64.1 Å². The van der Waals surface area contributed by atoms with Gasteiger partial charge in [-0.05, 0) is 12.1 Å². The second-order valence-corrected chi connectivity index (χ2v) is 3.37. The number of pyridine rings is 1. The highest BCUT2D eigenvalue weighted by molar-refractivity contribution is 5.34. The number of nitrogens with zero attached hydrogens (tertiary/aromatic N) is 2. The third-order valence-corrected chi connectivity index (χ3v) is 2.07. The van der Waals surface area contributed by atoms with Gasteiger partial charge in [-0.15, -0.1) is 0 Å². The van der Waals surface area contributed by atoms with Gasteiger partial charge in [0.25, 0.3) is 5.69 Å². The maximum absolute atomic E-state index is 10.4. The van der Waals surface area contributed by atoms with Crippen LogP contribution < -0.4 is 9.47 Å². The van der Waals surface area contributed by atoms with Crippen molar-refractivity contribution in [3.63, 3.8) is 0 Å². The molecule has 1 aromatic carbocycles. The van der Waals surface area contributed by atoms with Crippen molar-refractivity contribution in [1.82, 2.24) is 0 Å². The van der Waals surface area contributed by atoms with E-state index in [1.165, 1.54) is 36.7 Å². The van der Waals surface area contributed by atoms with Crippen LogP contribution in [-0.4, -0.2) is 17.1 Å². The van der Waals surface area contributed by atoms with Crippen LogP contribution in [0.3, 0.4) is 0 Å². The number of rotatable bonds is 2. The molecule has 7 heteroatoms. The van der Waals surface area contributed by atoms with Gasteiger partial charge in [-0.25, -0.2) is 0 Å². The zero-order chi connectivity index (χ0) is 14.3. The molecule has 0 radical (unpaired) electrons. The van der Waals surface area contributed by atoms with Gasteiger partial charge in [0.05, 0.1) is 12.0 Å². The molecule has 1 heterocycles. The molecule has 0 amide bonds. The molecule has 0 unspecified atom stereocenters. The fourth-order valence-corrected chi connectivity index (χ4v) is 1.11. The van der Waals surface area contributed by atoms with Crippen molar-refractivity contribution in [2.24, 2.45) is 0 Å². The topological polar surface area (TPSA) is 99.5 Å². The van der Waals surface area contributed by atoms with Gasteiger partial charge in [-0.3, -0.25) is 10.1 Å². The van der Waals surface area contributed by atoms with Gasteiger partial charge in [0.2, 0.25) is 0 Å². The number of hydrogen-bond donors (Lipinski definition) is 1. The molecule has 0 saturated carbocycles. The Kier molecular flexibility index (Phi) is 5.09. The largest absolute Gasteiger partial charge is 0.619 e. The van der Waals surface area contributed by atoms with Crippen LogP contribution in [0.15, 0.2) is 48.8 Å². The number of ether oxygens (including phenoxy) is 1. The van der Waals surface area contributed by atoms with E-state index in [-0.39, 0.29) is 11.4 Å². The quantitative estimate of drug-likeness (QED) is 0.384. The average molecular weight is 264 g/mol. The molecular formula is C12H12N2O5. The molecule has 0 bridgehead atoms. The Balaban J connectivity index is 0.000000191. The summed E-state index contributed by atoms with van der Waals surface area (Å²) in [5, 5.41) is 29.2. The van der Waals surface area contributed by atoms with Crippen LogP contribution in [0.2, 0.25) is 0 Å². The van der Waals surface area contributed by atoms with Crippen LogP contribution in [-0.2, 0) is 0 Å². The number of nitro groups is 1. The first-order valence-electron chi connectivity index (χ1n) is 5.19. The van der Waals surface area contributed by atoms with Gasteiger partial charge in [-0.2, -0.15) is 4.73 Å². The monoisotopic (exact) mass is 264 g/mol. The number of benzene rings is 1. The summed E-state index contributed by atoms with van der Waals surface area (Å²) in [4.78, 5) is 9.52. The van der Waals surface area contributed by atoms with Crippen molar-refractivity contribution >= 4 is 5.69 Å². The molecule has 100 valence electrons. The first-order chi connectivity index (χ1) is 9.02. The van der Waals surface area contributed by atoms with Gasteiger partial charge < -0.3 is 15.1 Å². The summed E-state index contributed by atoms with van der Waals surface area (Å²) < 4.78 is 5.53. The first kappa shape index (κ1) is 14.2. The highest BCUT2D eigenvalue weighted by atomic mass is 16.6. The van der Waals surface area contributed by atoms with Crippen molar-refractivity contribution in [3.8, 4) is 11.5 Å². The van der Waals surface area contributed by atoms with Gasteiger partial charge in [0, 0.05) is 24.3 Å². The predicted octanol–water partition coefficient (Wildman–Crippen LogP) is 1.63. The van der Waals surface area contributed by atoms with E-state index in [1.807, 2.05) is 0 Å². The summed E-state index contributed by atoms with van der Waals surface area (Å²) in [6, 6.07) is 8.25. The van der Waals surface area contributed by atoms with E-state index >= 15 is 0 Å². The summed E-state index contributed by atoms with van der Waals surface area (Å²) >= 11 is 0. The smallest absolute Gasteiger partial charge is 0.269 e. The van der Waals surface area contributed by atoms with Crippen molar-refractivity contribution in [2.45, 2.75) is 0 Å². The van der Waals surface area contributed by atoms with Gasteiger partial charge in [0.15, 0.2) is 12.4 Å². The fraction of sp³-hybridized carbons (Fsp3) is 0.0833. The maximum Gasteiger partial charge on any atom is 0.269 e. The molecule has 0 aliphatic carbocycles. The minimum absolute atomic E-state index is 0.0159. The molecule has 7 nitrogen and oxygen atoms in total. The normalized spacial score (nSPS) is 9.11. The fourth-order valence-electron chi connectivity index (χ4n) is 1.11. The lowest BCUT2D eigenvalue weighted by Gasteiger charge is -1.96. The van der Waals surface area contributed by atoms with Crippen LogP contribution in [0, 0.1) is 15.3 Å². The molecule has 0 fully saturated rings. The van der Waals surface area contributed by atoms with E-state index in [1.54, 1.807) is 19.2 Å². The van der Waals surface area contributed by atoms with E-state index in [9.17, 15) is 15.3 Å². The Bertz CT molecular complexity index is 525. The van der Waals surface area contributed by atoms with E-state index in [4.69, 9.17) is 9.84 Å². The van der Waals surface area contributed by atoms with Crippen molar-refractivity contribution in [1.29, 1.82) is 0 Å². The molecule has 0 saturated heterocycles. The average Bonchev–Trinajstić information content (AvgIpc) is 2.41. The summed E-state index contributed by atoms with van der Waals surface area (Å²) in [7, 11) is 1.56. The molecule has 2 rings (SSSR count). The summed E-state index contributed by atoms with van der Waals surface area (Å²) in [5.41, 5.74) is -0.0159. The van der Waals surface area contributed by atoms with E-state index < -0.39 is 4.92 Å². The predicted molar refractivity (Wildman–Crippen MR) is 66.7 cm³/mol. The highest BCUT2D eigenvalue weighted by Crippen LogP contribution is 2.14. The highest BCUT2D eigenvalue weighted by Gasteiger charge is 2.01. The van der Waals surface area contributed by atoms with E-state index in [0.717, 1.165) is 0 Å². The summed E-state index contributed by atoms with van der Waals surface area (Å²) in [5.74, 6) is 0.729. The summed E-state index contributed by atoms with van der Waals surface area (Å²) in [6.07, 6.45) is 2.78. The molecule has 0 aliphatic rings. The van der Waals surface area contributed by atoms with Crippen molar-refractivity contribution in [2.75, 3.05) is 7.11 Å². The molecular weight excluding hydrogens is 252 g/mol. The van der Waals surface area contributed by atoms with Crippen LogP contribution in [0.5, 0.6) is 11.5 Å². The lowest BCUT2D eigenvalue weighted by molar-refractivity contribution is -0.605. The van der Waals surface area contributed by atoms with Crippen LogP contribution in [0.4, 0.5) is 5.69 Å². The third kappa shape index (κ3) is 4.90. The number of aromatic hydroxyl groups is 1. The Morgan fingerprint density at radius 1 is 1.16 bits per heavy atom. The minimum atomic E-state index is -0.514. The lowest BCUT2D eigenvalue weighted by atomic mass is 10.3. The molecule has 19 heavy (non-hydrogen) atoms. The molecule has 0 spiro atoms. The standard InChI is InChI=1S/C6H5NO3.C6H7NO2/c8-6-3-1-5(2-4-6)7(9)10;1-9-6-2-4-7(8)5-3-6/h1-4,8H;2-5H,1H3. The van der Waals surface area contributed by atoms with Crippen LogP contribution in [0.25, 0.3) is 0 Å². The zero-order valence-electron chi connectivity index (χ0n) is 10.1. The number of hydrogen-bond acceptors (Lipinski definition) is 5. The Labute approximate surface area is 109 Å². The van der Waals surface area contributed by atoms with Crippen LogP contribution in [0.1, 0.15) is 0 Å². The summed E-state index contributed by atoms with van der Waals surface area (Å²) in [6.45, 7) is 0. The van der Waals surface area contributed by atoms with E-state index in [0.29, 0.717) is 10.5 Å². The van der Waals surface area contributed by atoms with Gasteiger partial charge >= 0.3 is 0 Å². The Hall–Kier alpha value is -2.83. The number of methoxy groups -OCH3 is 1. The zero-order valence-corrected chi connectivity index (χ0v) is 10.1. The van der Waals surface area contributed by atoms with E-state index in [2.05, 4.69) is 0 Å². The van der Waals surface area contributed by atoms with Gasteiger partial charge in [0.1, 0.15) is 11.5 Å². The molecule has 0 aliphatic heterocycles. The molecule has 2 aromatic rings. The second-order valence-electron chi connectivity index (χ2n) is 3.37. The van der Waals surface area contributed by atoms with Gasteiger partial charge in [-0.1, -0.05) is 0 Å². The number of nitro benzene ring substituents is 1. The SMILES string of the molecule is COc1cc[n+]([O-])cc1.O=[N+]([O-])c1ccc(O)cc1. The second kappa shape index (κ2) is 6.80.